The Bertz CT molecular complexity index is 745. The molecule has 0 aromatic rings. The second-order valence-corrected chi connectivity index (χ2v) is 11.6. The molecule has 8 atom stereocenters. The average molecular weight is 430 g/mol. The van der Waals surface area contributed by atoms with Gasteiger partial charge in [-0.3, -0.25) is 4.79 Å². The molecule has 1 N–H and O–H groups in total. The Balaban J connectivity index is 1.56. The lowest BCUT2D eigenvalue weighted by Crippen LogP contribution is -2.57. The quantitative estimate of drug-likeness (QED) is 0.545. The van der Waals surface area contributed by atoms with Crippen LogP contribution in [0.1, 0.15) is 85.5 Å². The summed E-state index contributed by atoms with van der Waals surface area (Å²) < 4.78 is 4.71. The van der Waals surface area contributed by atoms with E-state index in [9.17, 15) is 9.59 Å². The zero-order chi connectivity index (χ0) is 22.4. The molecule has 0 heterocycles. The van der Waals surface area contributed by atoms with Gasteiger partial charge in [0.05, 0.1) is 7.11 Å². The number of allylic oxidation sites excluding steroid dienone is 2. The number of methoxy groups -OCH3 is 1. The number of Topliss-reactive ketones (excluding diaryl/α,β-unsaturated/α-hetero) is 1. The van der Waals surface area contributed by atoms with E-state index in [1.54, 1.807) is 0 Å². The molecule has 4 fully saturated rings. The number of fused-ring (bicyclic) bond motifs is 5. The third kappa shape index (κ3) is 3.56. The molecular formula is C27H43NO3. The van der Waals surface area contributed by atoms with Crippen LogP contribution >= 0.6 is 0 Å². The third-order valence-electron chi connectivity index (χ3n) is 10.5. The van der Waals surface area contributed by atoms with Gasteiger partial charge in [0.15, 0.2) is 5.78 Å². The zero-order valence-electron chi connectivity index (χ0n) is 20.3. The average Bonchev–Trinajstić information content (AvgIpc) is 3.11. The fraction of sp³-hybridized carbons (Fsp3) is 0.852. The summed E-state index contributed by atoms with van der Waals surface area (Å²) in [6, 6.07) is 0. The standard InChI is InChI=1S/C27H43NO3/c1-6-18-20-9-7-8-14-26(20,3)22-12-15-27(4)19(10-11-21(27)23(22)24(18)29)17(2)13-16-28-25(30)31-5/h6,17,19-23H,7-16H2,1-5H3,(H,28,30)/b18-6+/t17-,19?,20?,21?,22?,23?,26?,27?/m1/s1. The Hall–Kier alpha value is -1.32. The van der Waals surface area contributed by atoms with Crippen LogP contribution in [-0.4, -0.2) is 25.5 Å². The Labute approximate surface area is 189 Å². The maximum Gasteiger partial charge on any atom is 0.406 e. The lowest BCUT2D eigenvalue weighted by atomic mass is 9.43. The van der Waals surface area contributed by atoms with Crippen LogP contribution in [0.25, 0.3) is 0 Å². The number of carbonyl (C=O) groups excluding carboxylic acids is 2. The van der Waals surface area contributed by atoms with Crippen LogP contribution in [0.5, 0.6) is 0 Å². The highest BCUT2D eigenvalue weighted by molar-refractivity contribution is 5.99. The van der Waals surface area contributed by atoms with Crippen molar-refractivity contribution in [3.8, 4) is 0 Å². The van der Waals surface area contributed by atoms with Crippen molar-refractivity contribution in [1.29, 1.82) is 0 Å². The number of amides is 1. The monoisotopic (exact) mass is 429 g/mol. The van der Waals surface area contributed by atoms with Crippen LogP contribution in [0.3, 0.4) is 0 Å². The normalized spacial score (nSPS) is 44.2. The fourth-order valence-electron chi connectivity index (χ4n) is 8.92. The minimum atomic E-state index is -0.342. The summed E-state index contributed by atoms with van der Waals surface area (Å²) in [5.74, 6) is 3.50. The molecule has 0 bridgehead atoms. The molecule has 174 valence electrons. The summed E-state index contributed by atoms with van der Waals surface area (Å²) in [5, 5.41) is 2.85. The van der Waals surface area contributed by atoms with Gasteiger partial charge in [-0.15, -0.1) is 0 Å². The van der Waals surface area contributed by atoms with Crippen molar-refractivity contribution >= 4 is 11.9 Å². The number of alkyl carbamates (subject to hydrolysis) is 1. The van der Waals surface area contributed by atoms with Gasteiger partial charge in [0.1, 0.15) is 0 Å². The molecule has 4 heteroatoms. The summed E-state index contributed by atoms with van der Waals surface area (Å²) in [6.07, 6.45) is 12.8. The molecule has 0 radical (unpaired) electrons. The second kappa shape index (κ2) is 8.56. The summed E-state index contributed by atoms with van der Waals surface area (Å²) >= 11 is 0. The van der Waals surface area contributed by atoms with Crippen molar-refractivity contribution in [2.24, 2.45) is 46.3 Å². The van der Waals surface area contributed by atoms with E-state index in [2.05, 4.69) is 39.1 Å². The first-order chi connectivity index (χ1) is 14.8. The van der Waals surface area contributed by atoms with Crippen molar-refractivity contribution in [3.63, 3.8) is 0 Å². The summed E-state index contributed by atoms with van der Waals surface area (Å²) in [5.41, 5.74) is 1.73. The summed E-state index contributed by atoms with van der Waals surface area (Å²) in [6.45, 7) is 10.1. The molecule has 4 nitrogen and oxygen atoms in total. The van der Waals surface area contributed by atoms with Gasteiger partial charge in [-0.05, 0) is 97.9 Å². The van der Waals surface area contributed by atoms with Crippen LogP contribution in [-0.2, 0) is 9.53 Å². The van der Waals surface area contributed by atoms with Gasteiger partial charge in [0.25, 0.3) is 0 Å². The molecule has 0 aromatic carbocycles. The first-order valence-corrected chi connectivity index (χ1v) is 12.8. The second-order valence-electron chi connectivity index (χ2n) is 11.6. The predicted molar refractivity (Wildman–Crippen MR) is 124 cm³/mol. The van der Waals surface area contributed by atoms with E-state index in [-0.39, 0.29) is 17.4 Å². The number of ether oxygens (including phenoxy) is 1. The van der Waals surface area contributed by atoms with Crippen LogP contribution in [0.15, 0.2) is 11.6 Å². The first-order valence-electron chi connectivity index (χ1n) is 12.8. The minimum Gasteiger partial charge on any atom is -0.453 e. The van der Waals surface area contributed by atoms with E-state index in [0.29, 0.717) is 47.3 Å². The Kier molecular flexibility index (Phi) is 6.31. The Morgan fingerprint density at radius 2 is 1.87 bits per heavy atom. The number of ketones is 1. The molecule has 4 rings (SSSR count). The first kappa shape index (κ1) is 22.9. The molecule has 4 aliphatic carbocycles. The number of hydrogen-bond acceptors (Lipinski definition) is 3. The number of carbonyl (C=O) groups is 2. The van der Waals surface area contributed by atoms with Gasteiger partial charge in [0.2, 0.25) is 0 Å². The lowest BCUT2D eigenvalue weighted by molar-refractivity contribution is -0.146. The van der Waals surface area contributed by atoms with Crippen LogP contribution in [0, 0.1) is 46.3 Å². The maximum absolute atomic E-state index is 13.9. The molecule has 0 aliphatic heterocycles. The molecule has 1 amide bonds. The zero-order valence-corrected chi connectivity index (χ0v) is 20.3. The lowest BCUT2D eigenvalue weighted by Gasteiger charge is -2.60. The summed E-state index contributed by atoms with van der Waals surface area (Å²) in [4.78, 5) is 25.3. The number of nitrogens with one attached hydrogen (secondary N) is 1. The topological polar surface area (TPSA) is 55.4 Å². The van der Waals surface area contributed by atoms with Gasteiger partial charge < -0.3 is 10.1 Å². The summed E-state index contributed by atoms with van der Waals surface area (Å²) in [7, 11) is 1.41. The van der Waals surface area contributed by atoms with Crippen LogP contribution in [0.2, 0.25) is 0 Å². The van der Waals surface area contributed by atoms with Crippen LogP contribution in [0.4, 0.5) is 4.79 Å². The van der Waals surface area contributed by atoms with Gasteiger partial charge in [-0.2, -0.15) is 0 Å². The molecule has 7 unspecified atom stereocenters. The van der Waals surface area contributed by atoms with Crippen molar-refractivity contribution in [3.05, 3.63) is 11.6 Å². The molecular weight excluding hydrogens is 386 g/mol. The molecule has 4 saturated carbocycles. The Morgan fingerprint density at radius 3 is 2.58 bits per heavy atom. The molecule has 0 saturated heterocycles. The van der Waals surface area contributed by atoms with Gasteiger partial charge >= 0.3 is 6.09 Å². The molecule has 4 aliphatic rings. The molecule has 31 heavy (non-hydrogen) atoms. The van der Waals surface area contributed by atoms with E-state index in [1.165, 1.54) is 64.0 Å². The number of rotatable bonds is 4. The largest absolute Gasteiger partial charge is 0.453 e. The van der Waals surface area contributed by atoms with Gasteiger partial charge in [-0.1, -0.05) is 39.7 Å². The van der Waals surface area contributed by atoms with Crippen molar-refractivity contribution in [2.75, 3.05) is 13.7 Å². The predicted octanol–water partition coefficient (Wildman–Crippen LogP) is 6.15. The number of hydrogen-bond donors (Lipinski definition) is 1. The van der Waals surface area contributed by atoms with Crippen LogP contribution < -0.4 is 5.32 Å². The highest BCUT2D eigenvalue weighted by Crippen LogP contribution is 2.68. The van der Waals surface area contributed by atoms with Gasteiger partial charge in [0, 0.05) is 12.5 Å². The van der Waals surface area contributed by atoms with E-state index in [0.717, 1.165) is 6.42 Å². The minimum absolute atomic E-state index is 0.231. The van der Waals surface area contributed by atoms with E-state index in [1.807, 2.05) is 0 Å². The third-order valence-corrected chi connectivity index (χ3v) is 10.5. The Morgan fingerprint density at radius 1 is 1.13 bits per heavy atom. The van der Waals surface area contributed by atoms with Crippen molar-refractivity contribution in [2.45, 2.75) is 85.5 Å². The highest BCUT2D eigenvalue weighted by Gasteiger charge is 2.63. The fourth-order valence-corrected chi connectivity index (χ4v) is 8.92. The molecule has 0 spiro atoms. The van der Waals surface area contributed by atoms with E-state index in [4.69, 9.17) is 4.74 Å². The molecule has 0 aromatic heterocycles. The SMILES string of the molecule is C/C=C1/C(=O)C2C(CCC3(C)C2CCC3[C@H](C)CCNC(=O)OC)C2(C)CCCCC12. The van der Waals surface area contributed by atoms with Gasteiger partial charge in [-0.25, -0.2) is 4.79 Å². The highest BCUT2D eigenvalue weighted by atomic mass is 16.5. The van der Waals surface area contributed by atoms with E-state index >= 15 is 0 Å². The smallest absolute Gasteiger partial charge is 0.406 e. The maximum atomic E-state index is 13.9. The van der Waals surface area contributed by atoms with E-state index < -0.39 is 0 Å². The van der Waals surface area contributed by atoms with Crippen molar-refractivity contribution in [1.82, 2.24) is 5.32 Å². The van der Waals surface area contributed by atoms with Crippen molar-refractivity contribution < 1.29 is 14.3 Å².